The number of benzene rings is 1. The smallest absolute Gasteiger partial charge is 0.278 e. The van der Waals surface area contributed by atoms with Gasteiger partial charge in [0, 0.05) is 24.8 Å². The molecule has 0 fully saturated rings. The van der Waals surface area contributed by atoms with E-state index in [2.05, 4.69) is 5.10 Å². The fraction of sp³-hybridized carbons (Fsp3) is 0.312. The van der Waals surface area contributed by atoms with Gasteiger partial charge in [-0.05, 0) is 26.0 Å². The number of hydrogen-bond acceptors (Lipinski definition) is 4. The van der Waals surface area contributed by atoms with Crippen molar-refractivity contribution in [3.05, 3.63) is 57.8 Å². The van der Waals surface area contributed by atoms with Crippen LogP contribution in [-0.4, -0.2) is 45.4 Å². The van der Waals surface area contributed by atoms with Crippen LogP contribution >= 0.6 is 0 Å². The first-order valence-corrected chi connectivity index (χ1v) is 7.25. The number of amides is 1. The molecule has 1 heterocycles. The lowest BCUT2D eigenvalue weighted by Crippen LogP contribution is -2.38. The van der Waals surface area contributed by atoms with Gasteiger partial charge in [0.05, 0.1) is 6.61 Å². The molecule has 7 heteroatoms. The summed E-state index contributed by atoms with van der Waals surface area (Å²) in [6.45, 7) is 3.56. The highest BCUT2D eigenvalue weighted by Gasteiger charge is 2.21. The minimum Gasteiger partial charge on any atom is -0.395 e. The van der Waals surface area contributed by atoms with E-state index in [1.54, 1.807) is 26.0 Å². The topological polar surface area (TPSA) is 75.4 Å². The van der Waals surface area contributed by atoms with Crippen LogP contribution in [-0.2, 0) is 0 Å². The van der Waals surface area contributed by atoms with E-state index >= 15 is 0 Å². The maximum Gasteiger partial charge on any atom is 0.278 e. The molecule has 2 aromatic rings. The molecule has 0 saturated carbocycles. The van der Waals surface area contributed by atoms with E-state index in [0.717, 1.165) is 0 Å². The van der Waals surface area contributed by atoms with Crippen LogP contribution in [0.25, 0.3) is 5.69 Å². The third kappa shape index (κ3) is 3.45. The van der Waals surface area contributed by atoms with Gasteiger partial charge in [0.2, 0.25) is 5.43 Å². The van der Waals surface area contributed by atoms with Crippen molar-refractivity contribution in [2.75, 3.05) is 19.7 Å². The Balaban J connectivity index is 2.55. The molecular formula is C16H18FN3O3. The molecule has 6 nitrogen and oxygen atoms in total. The first-order chi connectivity index (χ1) is 11.0. The number of aliphatic hydroxyl groups is 1. The zero-order valence-corrected chi connectivity index (χ0v) is 13.0. The molecule has 0 aliphatic rings. The zero-order valence-electron chi connectivity index (χ0n) is 13.0. The summed E-state index contributed by atoms with van der Waals surface area (Å²) in [5.41, 5.74) is -0.253. The number of likely N-dealkylation sites (N-methyl/N-ethyl adjacent to an activating group) is 1. The fourth-order valence-electron chi connectivity index (χ4n) is 2.24. The van der Waals surface area contributed by atoms with Crippen LogP contribution in [0, 0.1) is 12.7 Å². The number of nitrogens with zero attached hydrogens (tertiary/aromatic N) is 3. The average Bonchev–Trinajstić information content (AvgIpc) is 2.53. The number of hydrogen-bond donors (Lipinski definition) is 1. The van der Waals surface area contributed by atoms with Crippen LogP contribution in [0.1, 0.15) is 23.1 Å². The second kappa shape index (κ2) is 7.15. The van der Waals surface area contributed by atoms with E-state index in [1.807, 2.05) is 0 Å². The van der Waals surface area contributed by atoms with Gasteiger partial charge in [-0.25, -0.2) is 9.07 Å². The van der Waals surface area contributed by atoms with Crippen LogP contribution in [0.15, 0.2) is 35.1 Å². The summed E-state index contributed by atoms with van der Waals surface area (Å²) in [5, 5.41) is 13.0. The summed E-state index contributed by atoms with van der Waals surface area (Å²) in [5.74, 6) is -1.09. The van der Waals surface area contributed by atoms with Crippen molar-refractivity contribution in [1.82, 2.24) is 14.7 Å². The lowest BCUT2D eigenvalue weighted by Gasteiger charge is -2.19. The SMILES string of the molecule is CCN(CCO)C(=O)c1nn(-c2ccccc2F)c(C)cc1=O. The molecule has 0 unspecified atom stereocenters. The van der Waals surface area contributed by atoms with Crippen molar-refractivity contribution >= 4 is 5.91 Å². The van der Waals surface area contributed by atoms with Crippen LogP contribution in [0.2, 0.25) is 0 Å². The van der Waals surface area contributed by atoms with Gasteiger partial charge in [0.15, 0.2) is 5.69 Å². The lowest BCUT2D eigenvalue weighted by atomic mass is 10.2. The van der Waals surface area contributed by atoms with Crippen LogP contribution < -0.4 is 5.43 Å². The number of aliphatic hydroxyl groups excluding tert-OH is 1. The van der Waals surface area contributed by atoms with Gasteiger partial charge in [-0.15, -0.1) is 0 Å². The second-order valence-corrected chi connectivity index (χ2v) is 4.97. The van der Waals surface area contributed by atoms with Crippen LogP contribution in [0.4, 0.5) is 4.39 Å². The maximum absolute atomic E-state index is 14.0. The minimum atomic E-state index is -0.586. The standard InChI is InChI=1S/C16H18FN3O3/c1-3-19(8-9-21)16(23)15-14(22)10-11(2)20(18-15)13-7-5-4-6-12(13)17/h4-7,10,21H,3,8-9H2,1-2H3. The highest BCUT2D eigenvalue weighted by molar-refractivity contribution is 5.92. The van der Waals surface area contributed by atoms with Crippen molar-refractivity contribution < 1.29 is 14.3 Å². The monoisotopic (exact) mass is 319 g/mol. The summed E-state index contributed by atoms with van der Waals surface area (Å²) in [6.07, 6.45) is 0. The Labute approximate surface area is 132 Å². The number of carbonyl (C=O) groups is 1. The number of rotatable bonds is 5. The number of aryl methyl sites for hydroxylation is 1. The molecule has 1 amide bonds. The van der Waals surface area contributed by atoms with Gasteiger partial charge < -0.3 is 10.0 Å². The van der Waals surface area contributed by atoms with E-state index < -0.39 is 17.2 Å². The van der Waals surface area contributed by atoms with Gasteiger partial charge in [0.25, 0.3) is 5.91 Å². The van der Waals surface area contributed by atoms with Crippen molar-refractivity contribution in [3.63, 3.8) is 0 Å². The first-order valence-electron chi connectivity index (χ1n) is 7.25. The third-order valence-electron chi connectivity index (χ3n) is 3.43. The Kier molecular flexibility index (Phi) is 5.23. The van der Waals surface area contributed by atoms with Crippen molar-refractivity contribution in [2.24, 2.45) is 0 Å². The van der Waals surface area contributed by atoms with Crippen molar-refractivity contribution in [1.29, 1.82) is 0 Å². The molecule has 1 aromatic heterocycles. The summed E-state index contributed by atoms with van der Waals surface area (Å²) in [7, 11) is 0. The Morgan fingerprint density at radius 1 is 1.39 bits per heavy atom. The number of carbonyl (C=O) groups excluding carboxylic acids is 1. The van der Waals surface area contributed by atoms with E-state index in [-0.39, 0.29) is 24.5 Å². The molecule has 2 rings (SSSR count). The van der Waals surface area contributed by atoms with E-state index in [1.165, 1.54) is 27.8 Å². The van der Waals surface area contributed by atoms with E-state index in [4.69, 9.17) is 5.11 Å². The summed E-state index contributed by atoms with van der Waals surface area (Å²) in [6, 6.07) is 7.23. The van der Waals surface area contributed by atoms with Gasteiger partial charge in [0.1, 0.15) is 11.5 Å². The molecule has 23 heavy (non-hydrogen) atoms. The molecule has 1 aromatic carbocycles. The van der Waals surface area contributed by atoms with Gasteiger partial charge in [-0.3, -0.25) is 9.59 Å². The van der Waals surface area contributed by atoms with Crippen LogP contribution in [0.5, 0.6) is 0 Å². The van der Waals surface area contributed by atoms with Crippen LogP contribution in [0.3, 0.4) is 0 Å². The molecule has 0 saturated heterocycles. The number of para-hydroxylation sites is 1. The highest BCUT2D eigenvalue weighted by Crippen LogP contribution is 2.13. The van der Waals surface area contributed by atoms with E-state index in [0.29, 0.717) is 12.2 Å². The third-order valence-corrected chi connectivity index (χ3v) is 3.43. The Hall–Kier alpha value is -2.54. The number of aromatic nitrogens is 2. The minimum absolute atomic E-state index is 0.101. The largest absolute Gasteiger partial charge is 0.395 e. The molecular weight excluding hydrogens is 301 g/mol. The second-order valence-electron chi connectivity index (χ2n) is 4.97. The highest BCUT2D eigenvalue weighted by atomic mass is 19.1. The molecule has 0 spiro atoms. The molecule has 0 aliphatic heterocycles. The van der Waals surface area contributed by atoms with Gasteiger partial charge in [-0.2, -0.15) is 5.10 Å². The predicted octanol–water partition coefficient (Wildman–Crippen LogP) is 1.13. The first kappa shape index (κ1) is 16.8. The average molecular weight is 319 g/mol. The van der Waals surface area contributed by atoms with Crippen molar-refractivity contribution in [3.8, 4) is 5.69 Å². The predicted molar refractivity (Wildman–Crippen MR) is 83.2 cm³/mol. The number of halogens is 1. The molecule has 122 valence electrons. The Morgan fingerprint density at radius 2 is 2.09 bits per heavy atom. The summed E-state index contributed by atoms with van der Waals surface area (Å²) in [4.78, 5) is 25.8. The Morgan fingerprint density at radius 3 is 2.70 bits per heavy atom. The lowest BCUT2D eigenvalue weighted by molar-refractivity contribution is 0.0722. The normalized spacial score (nSPS) is 10.6. The molecule has 0 aliphatic carbocycles. The Bertz CT molecular complexity index is 773. The zero-order chi connectivity index (χ0) is 17.0. The molecule has 1 N–H and O–H groups in total. The summed E-state index contributed by atoms with van der Waals surface area (Å²) < 4.78 is 15.2. The van der Waals surface area contributed by atoms with Gasteiger partial charge >= 0.3 is 0 Å². The molecule has 0 radical (unpaired) electrons. The maximum atomic E-state index is 14.0. The van der Waals surface area contributed by atoms with Crippen molar-refractivity contribution in [2.45, 2.75) is 13.8 Å². The van der Waals surface area contributed by atoms with Gasteiger partial charge in [-0.1, -0.05) is 12.1 Å². The molecule has 0 bridgehead atoms. The quantitative estimate of drug-likeness (QED) is 0.896. The fourth-order valence-corrected chi connectivity index (χ4v) is 2.24. The van der Waals surface area contributed by atoms with E-state index in [9.17, 15) is 14.0 Å². The molecule has 0 atom stereocenters. The summed E-state index contributed by atoms with van der Waals surface area (Å²) >= 11 is 0.